The Bertz CT molecular complexity index is 1060. The molecular formula is C18H18BrN3O3S. The van der Waals surface area contributed by atoms with Gasteiger partial charge in [0.1, 0.15) is 0 Å². The molecule has 6 nitrogen and oxygen atoms in total. The summed E-state index contributed by atoms with van der Waals surface area (Å²) >= 11 is 3.26. The number of rotatable bonds is 6. The van der Waals surface area contributed by atoms with Crippen molar-refractivity contribution in [1.82, 2.24) is 9.88 Å². The van der Waals surface area contributed by atoms with Gasteiger partial charge in [-0.05, 0) is 58.1 Å². The maximum absolute atomic E-state index is 12.3. The summed E-state index contributed by atoms with van der Waals surface area (Å²) < 4.78 is 25.5. The van der Waals surface area contributed by atoms with Gasteiger partial charge in [0.15, 0.2) is 0 Å². The summed E-state index contributed by atoms with van der Waals surface area (Å²) in [6.07, 6.45) is 2.77. The molecule has 0 aliphatic rings. The van der Waals surface area contributed by atoms with Crippen molar-refractivity contribution < 1.29 is 13.2 Å². The number of amides is 1. The van der Waals surface area contributed by atoms with E-state index in [0.29, 0.717) is 11.0 Å². The van der Waals surface area contributed by atoms with Gasteiger partial charge >= 0.3 is 0 Å². The van der Waals surface area contributed by atoms with Gasteiger partial charge in [-0.15, -0.1) is 0 Å². The maximum atomic E-state index is 12.3. The fourth-order valence-corrected chi connectivity index (χ4v) is 3.70. The Kier molecular flexibility index (Phi) is 5.45. The maximum Gasteiger partial charge on any atom is 0.252 e. The largest absolute Gasteiger partial charge is 0.352 e. The molecule has 3 aromatic rings. The Morgan fingerprint density at radius 1 is 1.15 bits per heavy atom. The molecule has 1 amide bonds. The summed E-state index contributed by atoms with van der Waals surface area (Å²) in [6, 6.07) is 14.3. The SMILES string of the molecule is NS(=O)(=O)c1ccc(Br)c(C(=O)NCCCn2ccc3ccccc32)c1. The van der Waals surface area contributed by atoms with Crippen LogP contribution < -0.4 is 10.5 Å². The first kappa shape index (κ1) is 18.6. The van der Waals surface area contributed by atoms with Crippen LogP contribution in [-0.2, 0) is 16.6 Å². The molecule has 0 atom stereocenters. The van der Waals surface area contributed by atoms with Gasteiger partial charge in [-0.1, -0.05) is 18.2 Å². The van der Waals surface area contributed by atoms with Crippen molar-refractivity contribution in [1.29, 1.82) is 0 Å². The molecule has 0 radical (unpaired) electrons. The van der Waals surface area contributed by atoms with E-state index in [4.69, 9.17) is 5.14 Å². The number of halogens is 1. The average molecular weight is 436 g/mol. The Morgan fingerprint density at radius 3 is 2.69 bits per heavy atom. The summed E-state index contributed by atoms with van der Waals surface area (Å²) in [7, 11) is -3.86. The number of carbonyl (C=O) groups excluding carboxylic acids is 1. The lowest BCUT2D eigenvalue weighted by molar-refractivity contribution is 0.0952. The van der Waals surface area contributed by atoms with Crippen molar-refractivity contribution in [2.45, 2.75) is 17.9 Å². The standard InChI is InChI=1S/C18H18BrN3O3S/c19-16-7-6-14(26(20,24)25)12-15(16)18(23)21-9-3-10-22-11-8-13-4-1-2-5-17(13)22/h1-2,4-8,11-12H,3,9-10H2,(H,21,23)(H2,20,24,25). The number of aromatic nitrogens is 1. The van der Waals surface area contributed by atoms with Gasteiger partial charge in [0, 0.05) is 29.3 Å². The molecule has 3 N–H and O–H groups in total. The summed E-state index contributed by atoms with van der Waals surface area (Å²) in [5.74, 6) is -0.347. The Hall–Kier alpha value is -2.16. The van der Waals surface area contributed by atoms with Gasteiger partial charge in [0.2, 0.25) is 10.0 Å². The van der Waals surface area contributed by atoms with Crippen LogP contribution in [0.15, 0.2) is 64.1 Å². The number of fused-ring (bicyclic) bond motifs is 1. The molecule has 0 spiro atoms. The van der Waals surface area contributed by atoms with Crippen molar-refractivity contribution in [2.24, 2.45) is 5.14 Å². The number of primary sulfonamides is 1. The van der Waals surface area contributed by atoms with Crippen molar-refractivity contribution in [3.05, 3.63) is 64.8 Å². The summed E-state index contributed by atoms with van der Waals surface area (Å²) in [5, 5.41) is 9.11. The van der Waals surface area contributed by atoms with Crippen LogP contribution in [0.25, 0.3) is 10.9 Å². The molecule has 0 aliphatic carbocycles. The van der Waals surface area contributed by atoms with Crippen molar-refractivity contribution in [3.8, 4) is 0 Å². The highest BCUT2D eigenvalue weighted by molar-refractivity contribution is 9.10. The third-order valence-electron chi connectivity index (χ3n) is 4.05. The quantitative estimate of drug-likeness (QED) is 0.582. The average Bonchev–Trinajstić information content (AvgIpc) is 3.01. The molecule has 1 aromatic heterocycles. The van der Waals surface area contributed by atoms with Gasteiger partial charge in [-0.3, -0.25) is 4.79 Å². The van der Waals surface area contributed by atoms with Crippen molar-refractivity contribution in [2.75, 3.05) is 6.54 Å². The first-order chi connectivity index (χ1) is 12.4. The molecule has 8 heteroatoms. The topological polar surface area (TPSA) is 94.2 Å². The predicted molar refractivity (Wildman–Crippen MR) is 104 cm³/mol. The second-order valence-corrected chi connectivity index (χ2v) is 8.28. The number of sulfonamides is 1. The molecule has 2 aromatic carbocycles. The predicted octanol–water partition coefficient (Wildman–Crippen LogP) is 2.87. The molecule has 26 heavy (non-hydrogen) atoms. The van der Waals surface area contributed by atoms with E-state index in [9.17, 15) is 13.2 Å². The summed E-state index contributed by atoms with van der Waals surface area (Å²) in [6.45, 7) is 1.24. The first-order valence-electron chi connectivity index (χ1n) is 8.01. The van der Waals surface area contributed by atoms with Crippen molar-refractivity contribution in [3.63, 3.8) is 0 Å². The monoisotopic (exact) mass is 435 g/mol. The van der Waals surface area contributed by atoms with Crippen LogP contribution in [0.2, 0.25) is 0 Å². The van der Waals surface area contributed by atoms with Gasteiger partial charge in [-0.2, -0.15) is 0 Å². The molecule has 3 rings (SSSR count). The lowest BCUT2D eigenvalue weighted by Crippen LogP contribution is -2.26. The number of benzene rings is 2. The number of carbonyl (C=O) groups is 1. The van der Waals surface area contributed by atoms with Gasteiger partial charge < -0.3 is 9.88 Å². The zero-order chi connectivity index (χ0) is 18.7. The third kappa shape index (κ3) is 4.14. The number of nitrogens with one attached hydrogen (secondary N) is 1. The molecule has 1 heterocycles. The number of hydrogen-bond acceptors (Lipinski definition) is 3. The molecular weight excluding hydrogens is 418 g/mol. The highest BCUT2D eigenvalue weighted by Gasteiger charge is 2.15. The van der Waals surface area contributed by atoms with Gasteiger partial charge in [-0.25, -0.2) is 13.6 Å². The summed E-state index contributed by atoms with van der Waals surface area (Å²) in [4.78, 5) is 12.2. The Labute approximate surface area is 160 Å². The molecule has 0 unspecified atom stereocenters. The van der Waals surface area contributed by atoms with E-state index < -0.39 is 10.0 Å². The highest BCUT2D eigenvalue weighted by Crippen LogP contribution is 2.20. The smallest absolute Gasteiger partial charge is 0.252 e. The fraction of sp³-hybridized carbons (Fsp3) is 0.167. The third-order valence-corrected chi connectivity index (χ3v) is 5.66. The number of nitrogens with two attached hydrogens (primary N) is 1. The second-order valence-electron chi connectivity index (χ2n) is 5.86. The fourth-order valence-electron chi connectivity index (χ4n) is 2.74. The lowest BCUT2D eigenvalue weighted by Gasteiger charge is -2.09. The minimum Gasteiger partial charge on any atom is -0.352 e. The zero-order valence-corrected chi connectivity index (χ0v) is 16.3. The van der Waals surface area contributed by atoms with E-state index in [2.05, 4.69) is 44.0 Å². The van der Waals surface area contributed by atoms with E-state index in [1.54, 1.807) is 0 Å². The molecule has 0 aliphatic heterocycles. The molecule has 0 bridgehead atoms. The molecule has 0 saturated carbocycles. The second kappa shape index (κ2) is 7.61. The van der Waals surface area contributed by atoms with Crippen LogP contribution in [0, 0.1) is 0 Å². The normalized spacial score (nSPS) is 11.6. The molecule has 0 saturated heterocycles. The van der Waals surface area contributed by atoms with Crippen LogP contribution in [0.4, 0.5) is 0 Å². The minimum absolute atomic E-state index is 0.0929. The first-order valence-corrected chi connectivity index (χ1v) is 10.3. The lowest BCUT2D eigenvalue weighted by atomic mass is 10.2. The number of nitrogens with zero attached hydrogens (tertiary/aromatic N) is 1. The minimum atomic E-state index is -3.86. The van der Waals surface area contributed by atoms with Gasteiger partial charge in [0.05, 0.1) is 10.5 Å². The van der Waals surface area contributed by atoms with E-state index in [1.165, 1.54) is 23.6 Å². The molecule has 136 valence electrons. The number of hydrogen-bond donors (Lipinski definition) is 2. The Balaban J connectivity index is 1.61. The summed E-state index contributed by atoms with van der Waals surface area (Å²) in [5.41, 5.74) is 1.39. The van der Waals surface area contributed by atoms with Crippen LogP contribution in [0.3, 0.4) is 0 Å². The van der Waals surface area contributed by atoms with E-state index in [-0.39, 0.29) is 16.4 Å². The van der Waals surface area contributed by atoms with Crippen LogP contribution in [0.1, 0.15) is 16.8 Å². The number of para-hydroxylation sites is 1. The van der Waals surface area contributed by atoms with Crippen molar-refractivity contribution >= 4 is 42.8 Å². The van der Waals surface area contributed by atoms with E-state index in [1.807, 2.05) is 18.3 Å². The van der Waals surface area contributed by atoms with E-state index >= 15 is 0 Å². The van der Waals surface area contributed by atoms with Crippen LogP contribution in [0.5, 0.6) is 0 Å². The number of aryl methyl sites for hydroxylation is 1. The van der Waals surface area contributed by atoms with Crippen LogP contribution in [-0.4, -0.2) is 25.4 Å². The zero-order valence-electron chi connectivity index (χ0n) is 13.9. The molecule has 0 fully saturated rings. The van der Waals surface area contributed by atoms with Gasteiger partial charge in [0.25, 0.3) is 5.91 Å². The Morgan fingerprint density at radius 2 is 1.92 bits per heavy atom. The van der Waals surface area contributed by atoms with E-state index in [0.717, 1.165) is 18.5 Å². The highest BCUT2D eigenvalue weighted by atomic mass is 79.9. The van der Waals surface area contributed by atoms with Crippen LogP contribution >= 0.6 is 15.9 Å².